The zero-order chi connectivity index (χ0) is 11.1. The lowest BCUT2D eigenvalue weighted by atomic mass is 10.1. The van der Waals surface area contributed by atoms with Crippen molar-refractivity contribution in [2.24, 2.45) is 0 Å². The van der Waals surface area contributed by atoms with Gasteiger partial charge in [0.2, 0.25) is 0 Å². The molecule has 2 N–H and O–H groups in total. The first-order chi connectivity index (χ1) is 7.95. The molecule has 2 rings (SSSR count). The number of rotatable bonds is 5. The van der Waals surface area contributed by atoms with E-state index >= 15 is 0 Å². The Morgan fingerprint density at radius 2 is 2.00 bits per heavy atom. The summed E-state index contributed by atoms with van der Waals surface area (Å²) in [7, 11) is 0. The molecule has 0 atom stereocenters. The van der Waals surface area contributed by atoms with Crippen LogP contribution in [0, 0.1) is 0 Å². The molecule has 2 heterocycles. The molecular formula is C13H21N3. The molecule has 0 amide bonds. The molecule has 0 aromatic carbocycles. The van der Waals surface area contributed by atoms with Gasteiger partial charge in [0.15, 0.2) is 0 Å². The van der Waals surface area contributed by atoms with Crippen molar-refractivity contribution in [3.8, 4) is 0 Å². The highest BCUT2D eigenvalue weighted by molar-refractivity contribution is 5.09. The first-order valence-electron chi connectivity index (χ1n) is 6.28. The Labute approximate surface area is 97.7 Å². The fraction of sp³-hybridized carbons (Fsp3) is 0.615. The van der Waals surface area contributed by atoms with E-state index in [-0.39, 0.29) is 0 Å². The Kier molecular flexibility index (Phi) is 4.77. The van der Waals surface area contributed by atoms with Gasteiger partial charge in [-0.15, -0.1) is 0 Å². The zero-order valence-electron chi connectivity index (χ0n) is 9.78. The van der Waals surface area contributed by atoms with Gasteiger partial charge in [-0.05, 0) is 63.0 Å². The summed E-state index contributed by atoms with van der Waals surface area (Å²) in [4.78, 5) is 4.02. The van der Waals surface area contributed by atoms with E-state index in [1.807, 2.05) is 12.4 Å². The summed E-state index contributed by atoms with van der Waals surface area (Å²) in [6, 6.07) is 4.94. The van der Waals surface area contributed by atoms with Crippen LogP contribution >= 0.6 is 0 Å². The minimum Gasteiger partial charge on any atom is -0.317 e. The van der Waals surface area contributed by atoms with Crippen LogP contribution in [0.5, 0.6) is 0 Å². The average molecular weight is 219 g/mol. The van der Waals surface area contributed by atoms with Crippen molar-refractivity contribution in [3.63, 3.8) is 0 Å². The van der Waals surface area contributed by atoms with Gasteiger partial charge in [0.25, 0.3) is 0 Å². The van der Waals surface area contributed by atoms with E-state index in [2.05, 4.69) is 27.8 Å². The summed E-state index contributed by atoms with van der Waals surface area (Å²) in [5.74, 6) is 0. The minimum absolute atomic E-state index is 0.735. The smallest absolute Gasteiger partial charge is 0.0270 e. The van der Waals surface area contributed by atoms with Crippen LogP contribution in [0.1, 0.15) is 24.8 Å². The first kappa shape index (κ1) is 11.6. The van der Waals surface area contributed by atoms with Crippen LogP contribution < -0.4 is 10.6 Å². The second-order valence-electron chi connectivity index (χ2n) is 4.44. The standard InChI is InChI=1S/C13H21N3/c1(2-12-3-8-14-9-4-12)7-16-13-5-10-15-11-6-13/h3-4,8-9,13,15-16H,1-2,5-7,10-11H2. The summed E-state index contributed by atoms with van der Waals surface area (Å²) >= 11 is 0. The summed E-state index contributed by atoms with van der Waals surface area (Å²) in [6.45, 7) is 3.47. The van der Waals surface area contributed by atoms with Crippen molar-refractivity contribution in [1.82, 2.24) is 15.6 Å². The summed E-state index contributed by atoms with van der Waals surface area (Å²) in [5.41, 5.74) is 1.39. The molecule has 1 aromatic rings. The fourth-order valence-electron chi connectivity index (χ4n) is 2.17. The number of pyridine rings is 1. The Bertz CT molecular complexity index is 280. The van der Waals surface area contributed by atoms with E-state index in [0.717, 1.165) is 19.0 Å². The SMILES string of the molecule is c1cc(CCCNC2CCNCC2)ccn1. The van der Waals surface area contributed by atoms with Crippen molar-refractivity contribution in [2.45, 2.75) is 31.7 Å². The zero-order valence-corrected chi connectivity index (χ0v) is 9.78. The minimum atomic E-state index is 0.735. The second-order valence-corrected chi connectivity index (χ2v) is 4.44. The lowest BCUT2D eigenvalue weighted by molar-refractivity contribution is 0.386. The van der Waals surface area contributed by atoms with Gasteiger partial charge >= 0.3 is 0 Å². The number of nitrogens with zero attached hydrogens (tertiary/aromatic N) is 1. The summed E-state index contributed by atoms with van der Waals surface area (Å²) in [5, 5.41) is 7.02. The molecule has 1 aliphatic rings. The summed E-state index contributed by atoms with van der Waals surface area (Å²) < 4.78 is 0. The molecule has 3 nitrogen and oxygen atoms in total. The van der Waals surface area contributed by atoms with E-state index in [9.17, 15) is 0 Å². The van der Waals surface area contributed by atoms with Crippen LogP contribution in [0.4, 0.5) is 0 Å². The molecule has 88 valence electrons. The average Bonchev–Trinajstić information content (AvgIpc) is 2.37. The molecule has 0 aliphatic carbocycles. The lowest BCUT2D eigenvalue weighted by Gasteiger charge is -2.23. The largest absolute Gasteiger partial charge is 0.317 e. The van der Waals surface area contributed by atoms with Gasteiger partial charge in [-0.2, -0.15) is 0 Å². The van der Waals surface area contributed by atoms with E-state index in [1.165, 1.54) is 37.9 Å². The van der Waals surface area contributed by atoms with Gasteiger partial charge in [-0.25, -0.2) is 0 Å². The summed E-state index contributed by atoms with van der Waals surface area (Å²) in [6.07, 6.45) is 8.66. The molecule has 1 saturated heterocycles. The number of hydrogen-bond acceptors (Lipinski definition) is 3. The lowest BCUT2D eigenvalue weighted by Crippen LogP contribution is -2.40. The number of piperidine rings is 1. The maximum absolute atomic E-state index is 4.02. The highest BCUT2D eigenvalue weighted by atomic mass is 15.0. The molecule has 3 heteroatoms. The van der Waals surface area contributed by atoms with Crippen LogP contribution in [0.15, 0.2) is 24.5 Å². The monoisotopic (exact) mass is 219 g/mol. The Morgan fingerprint density at radius 3 is 2.75 bits per heavy atom. The molecule has 1 aromatic heterocycles. The van der Waals surface area contributed by atoms with Gasteiger partial charge in [0.05, 0.1) is 0 Å². The molecule has 0 unspecified atom stereocenters. The predicted molar refractivity (Wildman–Crippen MR) is 66.5 cm³/mol. The van der Waals surface area contributed by atoms with Crippen molar-refractivity contribution in [3.05, 3.63) is 30.1 Å². The number of nitrogens with one attached hydrogen (secondary N) is 2. The van der Waals surface area contributed by atoms with Crippen molar-refractivity contribution >= 4 is 0 Å². The van der Waals surface area contributed by atoms with Gasteiger partial charge in [0.1, 0.15) is 0 Å². The number of aryl methyl sites for hydroxylation is 1. The Hall–Kier alpha value is -0.930. The third kappa shape index (κ3) is 3.91. The van der Waals surface area contributed by atoms with Crippen LogP contribution in [0.2, 0.25) is 0 Å². The second kappa shape index (κ2) is 6.61. The maximum Gasteiger partial charge on any atom is 0.0270 e. The van der Waals surface area contributed by atoms with Crippen LogP contribution in [-0.4, -0.2) is 30.7 Å². The molecule has 0 saturated carbocycles. The molecule has 16 heavy (non-hydrogen) atoms. The molecule has 1 fully saturated rings. The number of hydrogen-bond donors (Lipinski definition) is 2. The van der Waals surface area contributed by atoms with Crippen molar-refractivity contribution in [2.75, 3.05) is 19.6 Å². The van der Waals surface area contributed by atoms with Crippen molar-refractivity contribution in [1.29, 1.82) is 0 Å². The Balaban J connectivity index is 1.58. The van der Waals surface area contributed by atoms with Crippen LogP contribution in [0.3, 0.4) is 0 Å². The number of aromatic nitrogens is 1. The molecule has 0 bridgehead atoms. The topological polar surface area (TPSA) is 37.0 Å². The normalized spacial score (nSPS) is 17.5. The Morgan fingerprint density at radius 1 is 1.25 bits per heavy atom. The van der Waals surface area contributed by atoms with Gasteiger partial charge in [0, 0.05) is 18.4 Å². The van der Waals surface area contributed by atoms with E-state index in [0.29, 0.717) is 0 Å². The third-order valence-corrected chi connectivity index (χ3v) is 3.16. The molecule has 0 radical (unpaired) electrons. The van der Waals surface area contributed by atoms with Gasteiger partial charge in [-0.3, -0.25) is 4.98 Å². The van der Waals surface area contributed by atoms with Crippen LogP contribution in [-0.2, 0) is 6.42 Å². The van der Waals surface area contributed by atoms with Gasteiger partial charge < -0.3 is 10.6 Å². The molecule has 0 spiro atoms. The van der Waals surface area contributed by atoms with E-state index < -0.39 is 0 Å². The molecule has 1 aliphatic heterocycles. The van der Waals surface area contributed by atoms with Gasteiger partial charge in [-0.1, -0.05) is 0 Å². The fourth-order valence-corrected chi connectivity index (χ4v) is 2.17. The quantitative estimate of drug-likeness (QED) is 0.734. The van der Waals surface area contributed by atoms with Crippen LogP contribution in [0.25, 0.3) is 0 Å². The predicted octanol–water partition coefficient (Wildman–Crippen LogP) is 1.36. The highest BCUT2D eigenvalue weighted by Gasteiger charge is 2.10. The third-order valence-electron chi connectivity index (χ3n) is 3.16. The van der Waals surface area contributed by atoms with Crippen molar-refractivity contribution < 1.29 is 0 Å². The molecular weight excluding hydrogens is 198 g/mol. The van der Waals surface area contributed by atoms with E-state index in [1.54, 1.807) is 0 Å². The highest BCUT2D eigenvalue weighted by Crippen LogP contribution is 2.03. The van der Waals surface area contributed by atoms with E-state index in [4.69, 9.17) is 0 Å². The maximum atomic E-state index is 4.02. The first-order valence-corrected chi connectivity index (χ1v) is 6.28.